The Morgan fingerprint density at radius 3 is 2.23 bits per heavy atom. The molecule has 0 aliphatic carbocycles. The van der Waals surface area contributed by atoms with Crippen LogP contribution < -0.4 is 5.32 Å². The Kier molecular flexibility index (Phi) is 6.50. The maximum absolute atomic E-state index is 12.6. The molecule has 1 atom stereocenters. The third kappa shape index (κ3) is 4.55. The molecule has 3 amide bonds. The largest absolute Gasteiger partial charge is 0.367 e. The summed E-state index contributed by atoms with van der Waals surface area (Å²) in [6.07, 6.45) is 4.42. The van der Waals surface area contributed by atoms with Gasteiger partial charge in [0.1, 0.15) is 0 Å². The van der Waals surface area contributed by atoms with Gasteiger partial charge < -0.3 is 19.9 Å². The smallest absolute Gasteiger partial charge is 0.319 e. The van der Waals surface area contributed by atoms with Crippen molar-refractivity contribution in [3.63, 3.8) is 0 Å². The highest BCUT2D eigenvalue weighted by Gasteiger charge is 2.29. The minimum atomic E-state index is -0.593. The van der Waals surface area contributed by atoms with E-state index in [4.69, 9.17) is 4.74 Å². The van der Waals surface area contributed by atoms with Crippen LogP contribution in [0.15, 0.2) is 30.3 Å². The molecule has 142 valence electrons. The molecule has 1 aromatic rings. The van der Waals surface area contributed by atoms with Crippen LogP contribution in [-0.2, 0) is 9.53 Å². The number of likely N-dealkylation sites (tertiary alicyclic amines) is 2. The van der Waals surface area contributed by atoms with Gasteiger partial charge in [-0.2, -0.15) is 0 Å². The summed E-state index contributed by atoms with van der Waals surface area (Å²) in [5.74, 6) is -0.112. The van der Waals surface area contributed by atoms with Gasteiger partial charge in [0.15, 0.2) is 6.10 Å². The predicted molar refractivity (Wildman–Crippen MR) is 99.7 cm³/mol. The molecular formula is C20H29N3O3. The highest BCUT2D eigenvalue weighted by atomic mass is 16.5. The van der Waals surface area contributed by atoms with E-state index >= 15 is 0 Å². The lowest BCUT2D eigenvalue weighted by molar-refractivity contribution is -0.132. The monoisotopic (exact) mass is 359 g/mol. The molecule has 0 radical (unpaired) electrons. The Bertz CT molecular complexity index is 594. The number of ether oxygens (including phenoxy) is 1. The summed E-state index contributed by atoms with van der Waals surface area (Å²) in [4.78, 5) is 29.0. The standard InChI is InChI=1S/C20H29N3O3/c1-26-18(16-8-4-2-5-9-16)19(24)21-17-10-14-23(15-11-17)20(25)22-12-6-3-7-13-22/h2,4-5,8-9,17-18H,3,6-7,10-15H2,1H3,(H,21,24)/t18-/m0/s1. The van der Waals surface area contributed by atoms with Crippen LogP contribution in [0.2, 0.25) is 0 Å². The molecule has 26 heavy (non-hydrogen) atoms. The maximum Gasteiger partial charge on any atom is 0.319 e. The van der Waals surface area contributed by atoms with Gasteiger partial charge in [-0.15, -0.1) is 0 Å². The number of urea groups is 1. The Balaban J connectivity index is 1.48. The molecule has 0 saturated carbocycles. The first-order valence-electron chi connectivity index (χ1n) is 9.61. The summed E-state index contributed by atoms with van der Waals surface area (Å²) in [7, 11) is 1.55. The number of nitrogens with one attached hydrogen (secondary N) is 1. The SMILES string of the molecule is CO[C@H](C(=O)NC1CCN(C(=O)N2CCCCC2)CC1)c1ccccc1. The third-order valence-corrected chi connectivity index (χ3v) is 5.31. The number of benzene rings is 1. The number of nitrogens with zero attached hydrogens (tertiary/aromatic N) is 2. The molecule has 6 nitrogen and oxygen atoms in total. The lowest BCUT2D eigenvalue weighted by atomic mass is 10.0. The molecule has 2 aliphatic rings. The average Bonchev–Trinajstić information content (AvgIpc) is 2.70. The molecule has 0 unspecified atom stereocenters. The normalized spacial score (nSPS) is 19.9. The van der Waals surface area contributed by atoms with Crippen LogP contribution in [0.3, 0.4) is 0 Å². The van der Waals surface area contributed by atoms with E-state index in [-0.39, 0.29) is 18.0 Å². The van der Waals surface area contributed by atoms with Gasteiger partial charge in [-0.05, 0) is 37.7 Å². The number of carbonyl (C=O) groups excluding carboxylic acids is 2. The van der Waals surface area contributed by atoms with Crippen LogP contribution in [0.4, 0.5) is 4.79 Å². The summed E-state index contributed by atoms with van der Waals surface area (Å²) < 4.78 is 5.40. The quantitative estimate of drug-likeness (QED) is 0.899. The summed E-state index contributed by atoms with van der Waals surface area (Å²) in [6.45, 7) is 3.15. The van der Waals surface area contributed by atoms with Gasteiger partial charge in [-0.1, -0.05) is 30.3 Å². The fourth-order valence-corrected chi connectivity index (χ4v) is 3.80. The number of rotatable bonds is 4. The Labute approximate surface area is 155 Å². The van der Waals surface area contributed by atoms with Crippen molar-refractivity contribution in [3.8, 4) is 0 Å². The molecule has 0 spiro atoms. The van der Waals surface area contributed by atoms with Gasteiger partial charge >= 0.3 is 6.03 Å². The number of hydrogen-bond donors (Lipinski definition) is 1. The van der Waals surface area contributed by atoms with Gasteiger partial charge in [-0.3, -0.25) is 4.79 Å². The van der Waals surface area contributed by atoms with Crippen LogP contribution in [-0.4, -0.2) is 61.1 Å². The summed E-state index contributed by atoms with van der Waals surface area (Å²) in [5, 5.41) is 3.09. The van der Waals surface area contributed by atoms with E-state index < -0.39 is 6.10 Å². The topological polar surface area (TPSA) is 61.9 Å². The van der Waals surface area contributed by atoms with Crippen LogP contribution >= 0.6 is 0 Å². The predicted octanol–water partition coefficient (Wildman–Crippen LogP) is 2.56. The fourth-order valence-electron chi connectivity index (χ4n) is 3.80. The zero-order chi connectivity index (χ0) is 18.4. The summed E-state index contributed by atoms with van der Waals surface area (Å²) in [5.41, 5.74) is 0.852. The van der Waals surface area contributed by atoms with Crippen molar-refractivity contribution in [2.75, 3.05) is 33.3 Å². The molecular weight excluding hydrogens is 330 g/mol. The van der Waals surface area contributed by atoms with E-state index in [1.54, 1.807) is 7.11 Å². The molecule has 0 aromatic heterocycles. The summed E-state index contributed by atoms with van der Waals surface area (Å²) in [6, 6.07) is 9.77. The number of amides is 3. The molecule has 6 heteroatoms. The minimum Gasteiger partial charge on any atom is -0.367 e. The second kappa shape index (κ2) is 9.03. The maximum atomic E-state index is 12.6. The van der Waals surface area contributed by atoms with Crippen LogP contribution in [0.5, 0.6) is 0 Å². The van der Waals surface area contributed by atoms with E-state index in [1.807, 2.05) is 40.1 Å². The van der Waals surface area contributed by atoms with E-state index in [1.165, 1.54) is 6.42 Å². The molecule has 0 bridgehead atoms. The highest BCUT2D eigenvalue weighted by Crippen LogP contribution is 2.19. The first kappa shape index (κ1) is 18.7. The first-order valence-corrected chi connectivity index (χ1v) is 9.61. The van der Waals surface area contributed by atoms with Crippen molar-refractivity contribution in [1.29, 1.82) is 0 Å². The van der Waals surface area contributed by atoms with E-state index in [2.05, 4.69) is 5.32 Å². The van der Waals surface area contributed by atoms with Crippen molar-refractivity contribution in [2.24, 2.45) is 0 Å². The number of piperidine rings is 2. The zero-order valence-corrected chi connectivity index (χ0v) is 15.5. The highest BCUT2D eigenvalue weighted by molar-refractivity contribution is 5.82. The molecule has 2 saturated heterocycles. The third-order valence-electron chi connectivity index (χ3n) is 5.31. The van der Waals surface area contributed by atoms with Crippen LogP contribution in [0.1, 0.15) is 43.8 Å². The molecule has 2 aliphatic heterocycles. The van der Waals surface area contributed by atoms with Crippen LogP contribution in [0, 0.1) is 0 Å². The molecule has 1 N–H and O–H groups in total. The second-order valence-corrected chi connectivity index (χ2v) is 7.13. The Hall–Kier alpha value is -2.08. The molecule has 2 heterocycles. The van der Waals surface area contributed by atoms with E-state index in [0.29, 0.717) is 13.1 Å². The zero-order valence-electron chi connectivity index (χ0n) is 15.5. The van der Waals surface area contributed by atoms with Crippen LogP contribution in [0.25, 0.3) is 0 Å². The van der Waals surface area contributed by atoms with Gasteiger partial charge in [0, 0.05) is 39.3 Å². The molecule has 1 aromatic carbocycles. The Morgan fingerprint density at radius 2 is 1.62 bits per heavy atom. The first-order chi connectivity index (χ1) is 12.7. The van der Waals surface area contributed by atoms with Crippen molar-refractivity contribution in [1.82, 2.24) is 15.1 Å². The lowest BCUT2D eigenvalue weighted by Crippen LogP contribution is -2.52. The minimum absolute atomic E-state index is 0.0919. The van der Waals surface area contributed by atoms with Gasteiger partial charge in [0.25, 0.3) is 5.91 Å². The number of methoxy groups -OCH3 is 1. The van der Waals surface area contributed by atoms with Gasteiger partial charge in [-0.25, -0.2) is 4.79 Å². The van der Waals surface area contributed by atoms with E-state index in [9.17, 15) is 9.59 Å². The van der Waals surface area contributed by atoms with E-state index in [0.717, 1.165) is 44.3 Å². The average molecular weight is 359 g/mol. The molecule has 2 fully saturated rings. The number of carbonyl (C=O) groups is 2. The Morgan fingerprint density at radius 1 is 1.00 bits per heavy atom. The summed E-state index contributed by atoms with van der Waals surface area (Å²) >= 11 is 0. The second-order valence-electron chi connectivity index (χ2n) is 7.13. The van der Waals surface area contributed by atoms with Gasteiger partial charge in [0.2, 0.25) is 0 Å². The molecule has 3 rings (SSSR count). The van der Waals surface area contributed by atoms with Crippen molar-refractivity contribution >= 4 is 11.9 Å². The van der Waals surface area contributed by atoms with Crippen molar-refractivity contribution in [2.45, 2.75) is 44.2 Å². The number of hydrogen-bond acceptors (Lipinski definition) is 3. The lowest BCUT2D eigenvalue weighted by Gasteiger charge is -2.37. The fraction of sp³-hybridized carbons (Fsp3) is 0.600. The van der Waals surface area contributed by atoms with Crippen molar-refractivity contribution in [3.05, 3.63) is 35.9 Å². The van der Waals surface area contributed by atoms with Gasteiger partial charge in [0.05, 0.1) is 0 Å². The van der Waals surface area contributed by atoms with Crippen molar-refractivity contribution < 1.29 is 14.3 Å².